The van der Waals surface area contributed by atoms with E-state index in [-0.39, 0.29) is 11.5 Å². The predicted octanol–water partition coefficient (Wildman–Crippen LogP) is 3.62. The Balaban J connectivity index is 2.25. The van der Waals surface area contributed by atoms with Gasteiger partial charge in [0.2, 0.25) is 0 Å². The molecule has 0 fully saturated rings. The zero-order valence-corrected chi connectivity index (χ0v) is 9.97. The van der Waals surface area contributed by atoms with E-state index in [4.69, 9.17) is 0 Å². The molecule has 1 N–H and O–H groups in total. The number of benzene rings is 2. The van der Waals surface area contributed by atoms with Gasteiger partial charge in [-0.3, -0.25) is 4.79 Å². The average molecular weight is 236 g/mol. The minimum atomic E-state index is -0.0996. The SMILES string of the molecule is Cc1ccccc1C1=C(O)c2ccccc2C1=O. The number of aliphatic hydroxyl groups excluding tert-OH is 1. The van der Waals surface area contributed by atoms with Crippen molar-refractivity contribution >= 4 is 17.1 Å². The van der Waals surface area contributed by atoms with Crippen LogP contribution in [0, 0.1) is 6.92 Å². The zero-order valence-electron chi connectivity index (χ0n) is 9.97. The van der Waals surface area contributed by atoms with Crippen molar-refractivity contribution in [2.24, 2.45) is 0 Å². The number of carbonyl (C=O) groups excluding carboxylic acids is 1. The summed E-state index contributed by atoms with van der Waals surface area (Å²) in [5.41, 5.74) is 3.40. The summed E-state index contributed by atoms with van der Waals surface area (Å²) in [6.45, 7) is 1.94. The Morgan fingerprint density at radius 3 is 2.00 bits per heavy atom. The van der Waals surface area contributed by atoms with Crippen molar-refractivity contribution in [3.63, 3.8) is 0 Å². The molecule has 0 heterocycles. The van der Waals surface area contributed by atoms with Crippen molar-refractivity contribution in [1.82, 2.24) is 0 Å². The normalized spacial score (nSPS) is 13.9. The summed E-state index contributed by atoms with van der Waals surface area (Å²) >= 11 is 0. The summed E-state index contributed by atoms with van der Waals surface area (Å²) in [6, 6.07) is 14.7. The number of fused-ring (bicyclic) bond motifs is 1. The van der Waals surface area contributed by atoms with Crippen LogP contribution in [0.4, 0.5) is 0 Å². The zero-order chi connectivity index (χ0) is 12.7. The first-order valence-corrected chi connectivity index (χ1v) is 5.83. The maximum Gasteiger partial charge on any atom is 0.198 e. The molecule has 0 saturated carbocycles. The molecule has 0 radical (unpaired) electrons. The van der Waals surface area contributed by atoms with Crippen LogP contribution in [0.5, 0.6) is 0 Å². The summed E-state index contributed by atoms with van der Waals surface area (Å²) in [5.74, 6) is -0.0118. The van der Waals surface area contributed by atoms with Gasteiger partial charge >= 0.3 is 0 Å². The number of hydrogen-bond acceptors (Lipinski definition) is 2. The molecule has 2 aromatic carbocycles. The van der Waals surface area contributed by atoms with Gasteiger partial charge in [0, 0.05) is 11.1 Å². The van der Waals surface area contributed by atoms with Gasteiger partial charge in [0.1, 0.15) is 5.76 Å². The van der Waals surface area contributed by atoms with E-state index in [1.54, 1.807) is 12.1 Å². The third kappa shape index (κ3) is 1.39. The molecule has 3 rings (SSSR count). The first kappa shape index (κ1) is 10.8. The molecule has 1 aliphatic carbocycles. The molecule has 2 heteroatoms. The van der Waals surface area contributed by atoms with Crippen molar-refractivity contribution in [2.45, 2.75) is 6.92 Å². The molecule has 0 amide bonds. The van der Waals surface area contributed by atoms with E-state index in [1.165, 1.54) is 0 Å². The third-order valence-corrected chi connectivity index (χ3v) is 3.31. The second-order valence-electron chi connectivity index (χ2n) is 4.41. The molecule has 0 bridgehead atoms. The molecule has 0 aliphatic heterocycles. The molecule has 0 spiro atoms. The maximum atomic E-state index is 12.3. The Bertz CT molecular complexity index is 681. The number of aryl methyl sites for hydroxylation is 1. The monoisotopic (exact) mass is 236 g/mol. The van der Waals surface area contributed by atoms with E-state index in [0.29, 0.717) is 16.7 Å². The van der Waals surface area contributed by atoms with Crippen molar-refractivity contribution in [1.29, 1.82) is 0 Å². The van der Waals surface area contributed by atoms with Crippen LogP contribution < -0.4 is 0 Å². The standard InChI is InChI=1S/C16H12O2/c1-10-6-2-3-7-11(10)14-15(17)12-8-4-5-9-13(12)16(14)18/h2-9,17H,1H3. The summed E-state index contributed by atoms with van der Waals surface area (Å²) in [6.07, 6.45) is 0. The first-order chi connectivity index (χ1) is 8.70. The fourth-order valence-corrected chi connectivity index (χ4v) is 2.37. The lowest BCUT2D eigenvalue weighted by molar-refractivity contribution is 0.105. The number of hydrogen-bond donors (Lipinski definition) is 1. The minimum absolute atomic E-state index is 0.0879. The lowest BCUT2D eigenvalue weighted by atomic mass is 9.98. The molecule has 0 aromatic heterocycles. The van der Waals surface area contributed by atoms with Gasteiger partial charge < -0.3 is 5.11 Å². The van der Waals surface area contributed by atoms with Gasteiger partial charge in [-0.25, -0.2) is 0 Å². The minimum Gasteiger partial charge on any atom is -0.507 e. The fourth-order valence-electron chi connectivity index (χ4n) is 2.37. The number of allylic oxidation sites excluding steroid dienone is 1. The summed E-state index contributed by atoms with van der Waals surface area (Å²) in [4.78, 5) is 12.3. The second kappa shape index (κ2) is 3.84. The smallest absolute Gasteiger partial charge is 0.198 e. The lowest BCUT2D eigenvalue weighted by Crippen LogP contribution is -1.99. The number of carbonyl (C=O) groups is 1. The predicted molar refractivity (Wildman–Crippen MR) is 71.4 cm³/mol. The van der Waals surface area contributed by atoms with E-state index in [2.05, 4.69) is 0 Å². The Morgan fingerprint density at radius 2 is 1.39 bits per heavy atom. The van der Waals surface area contributed by atoms with Crippen LogP contribution in [0.1, 0.15) is 27.0 Å². The van der Waals surface area contributed by atoms with E-state index in [1.807, 2.05) is 43.3 Å². The quantitative estimate of drug-likeness (QED) is 0.821. The van der Waals surface area contributed by atoms with Crippen LogP contribution in [0.15, 0.2) is 48.5 Å². The number of Topliss-reactive ketones (excluding diaryl/α,β-unsaturated/α-hetero) is 1. The van der Waals surface area contributed by atoms with E-state index in [0.717, 1.165) is 11.1 Å². The summed E-state index contributed by atoms with van der Waals surface area (Å²) in [7, 11) is 0. The molecule has 2 aromatic rings. The average Bonchev–Trinajstić information content (AvgIpc) is 2.64. The van der Waals surface area contributed by atoms with Gasteiger partial charge in [0.05, 0.1) is 5.57 Å². The molecular formula is C16H12O2. The molecule has 18 heavy (non-hydrogen) atoms. The summed E-state index contributed by atoms with van der Waals surface area (Å²) in [5, 5.41) is 10.2. The van der Waals surface area contributed by atoms with Gasteiger partial charge in [-0.15, -0.1) is 0 Å². The maximum absolute atomic E-state index is 12.3. The number of ketones is 1. The highest BCUT2D eigenvalue weighted by atomic mass is 16.3. The van der Waals surface area contributed by atoms with E-state index < -0.39 is 0 Å². The highest BCUT2D eigenvalue weighted by Crippen LogP contribution is 2.37. The Hall–Kier alpha value is -2.35. The number of rotatable bonds is 1. The van der Waals surface area contributed by atoms with Crippen LogP contribution in [-0.4, -0.2) is 10.9 Å². The topological polar surface area (TPSA) is 37.3 Å². The van der Waals surface area contributed by atoms with Crippen LogP contribution in [-0.2, 0) is 0 Å². The Labute approximate surface area is 105 Å². The van der Waals surface area contributed by atoms with Crippen LogP contribution >= 0.6 is 0 Å². The first-order valence-electron chi connectivity index (χ1n) is 5.83. The van der Waals surface area contributed by atoms with Crippen LogP contribution in [0.2, 0.25) is 0 Å². The second-order valence-corrected chi connectivity index (χ2v) is 4.41. The molecule has 88 valence electrons. The molecule has 0 atom stereocenters. The van der Waals surface area contributed by atoms with Crippen molar-refractivity contribution in [2.75, 3.05) is 0 Å². The molecule has 1 aliphatic rings. The van der Waals surface area contributed by atoms with Crippen molar-refractivity contribution < 1.29 is 9.90 Å². The van der Waals surface area contributed by atoms with Crippen LogP contribution in [0.3, 0.4) is 0 Å². The van der Waals surface area contributed by atoms with Gasteiger partial charge in [-0.1, -0.05) is 48.5 Å². The van der Waals surface area contributed by atoms with Gasteiger partial charge in [0.25, 0.3) is 0 Å². The molecule has 0 saturated heterocycles. The molecule has 2 nitrogen and oxygen atoms in total. The number of aliphatic hydroxyl groups is 1. The Kier molecular flexibility index (Phi) is 2.30. The largest absolute Gasteiger partial charge is 0.507 e. The van der Waals surface area contributed by atoms with Gasteiger partial charge in [0.15, 0.2) is 5.78 Å². The van der Waals surface area contributed by atoms with E-state index >= 15 is 0 Å². The lowest BCUT2D eigenvalue weighted by Gasteiger charge is -2.05. The van der Waals surface area contributed by atoms with Crippen LogP contribution in [0.25, 0.3) is 11.3 Å². The highest BCUT2D eigenvalue weighted by molar-refractivity contribution is 6.39. The van der Waals surface area contributed by atoms with Gasteiger partial charge in [-0.2, -0.15) is 0 Å². The van der Waals surface area contributed by atoms with Crippen molar-refractivity contribution in [3.8, 4) is 0 Å². The van der Waals surface area contributed by atoms with E-state index in [9.17, 15) is 9.90 Å². The Morgan fingerprint density at radius 1 is 0.833 bits per heavy atom. The van der Waals surface area contributed by atoms with Crippen molar-refractivity contribution in [3.05, 3.63) is 70.8 Å². The van der Waals surface area contributed by atoms with Gasteiger partial charge in [-0.05, 0) is 18.1 Å². The molecular weight excluding hydrogens is 224 g/mol. The third-order valence-electron chi connectivity index (χ3n) is 3.31. The molecule has 0 unspecified atom stereocenters. The highest BCUT2D eigenvalue weighted by Gasteiger charge is 2.30. The fraction of sp³-hybridized carbons (Fsp3) is 0.0625. The summed E-state index contributed by atoms with van der Waals surface area (Å²) < 4.78 is 0.